The molecule has 1 aliphatic carbocycles. The van der Waals surface area contributed by atoms with Crippen LogP contribution in [0, 0.1) is 0 Å². The first-order valence-electron chi connectivity index (χ1n) is 8.05. The molecule has 3 rings (SSSR count). The number of carbonyl (C=O) groups excluding carboxylic acids is 2. The first kappa shape index (κ1) is 14.9. The largest absolute Gasteiger partial charge is 0.478 e. The molecule has 0 bridgehead atoms. The summed E-state index contributed by atoms with van der Waals surface area (Å²) in [7, 11) is 0. The molecule has 2 aliphatic rings. The van der Waals surface area contributed by atoms with Crippen molar-refractivity contribution in [3.8, 4) is 5.75 Å². The van der Waals surface area contributed by atoms with E-state index in [1.54, 1.807) is 4.90 Å². The highest BCUT2D eigenvalue weighted by molar-refractivity contribution is 6.03. The number of amides is 2. The van der Waals surface area contributed by atoms with Gasteiger partial charge in [0, 0.05) is 6.04 Å². The second-order valence-corrected chi connectivity index (χ2v) is 5.96. The van der Waals surface area contributed by atoms with Crippen molar-refractivity contribution in [1.29, 1.82) is 0 Å². The SMILES string of the molecule is CC[C@@H]1Oc2ccccc2N(CC(=O)NC2CCCC2)C1=O. The Labute approximate surface area is 130 Å². The number of anilines is 1. The van der Waals surface area contributed by atoms with Crippen LogP contribution in [0.15, 0.2) is 24.3 Å². The minimum atomic E-state index is -0.505. The predicted molar refractivity (Wildman–Crippen MR) is 83.9 cm³/mol. The van der Waals surface area contributed by atoms with Gasteiger partial charge in [-0.05, 0) is 31.4 Å². The number of rotatable bonds is 4. The zero-order chi connectivity index (χ0) is 15.5. The van der Waals surface area contributed by atoms with Crippen molar-refractivity contribution >= 4 is 17.5 Å². The monoisotopic (exact) mass is 302 g/mol. The number of hydrogen-bond donors (Lipinski definition) is 1. The summed E-state index contributed by atoms with van der Waals surface area (Å²) in [6, 6.07) is 7.65. The standard InChI is InChI=1S/C17H22N2O3/c1-2-14-17(21)19(13-9-5-6-10-15(13)22-14)11-16(20)18-12-7-3-4-8-12/h5-6,9-10,12,14H,2-4,7-8,11H2,1H3,(H,18,20)/t14-/m0/s1. The molecule has 22 heavy (non-hydrogen) atoms. The molecule has 5 nitrogen and oxygen atoms in total. The van der Waals surface area contributed by atoms with E-state index in [4.69, 9.17) is 4.74 Å². The molecular formula is C17H22N2O3. The Bertz CT molecular complexity index is 567. The molecule has 0 saturated heterocycles. The summed E-state index contributed by atoms with van der Waals surface area (Å²) in [4.78, 5) is 26.3. The van der Waals surface area contributed by atoms with E-state index in [2.05, 4.69) is 5.32 Å². The molecule has 0 spiro atoms. The summed E-state index contributed by atoms with van der Waals surface area (Å²) < 4.78 is 5.72. The van der Waals surface area contributed by atoms with E-state index < -0.39 is 6.10 Å². The van der Waals surface area contributed by atoms with Crippen LogP contribution >= 0.6 is 0 Å². The van der Waals surface area contributed by atoms with Crippen LogP contribution in [0.5, 0.6) is 5.75 Å². The molecule has 0 unspecified atom stereocenters. The minimum absolute atomic E-state index is 0.0617. The van der Waals surface area contributed by atoms with Crippen molar-refractivity contribution < 1.29 is 14.3 Å². The lowest BCUT2D eigenvalue weighted by molar-refractivity contribution is -0.129. The molecule has 1 aromatic carbocycles. The van der Waals surface area contributed by atoms with Crippen LogP contribution in [0.2, 0.25) is 0 Å². The van der Waals surface area contributed by atoms with Gasteiger partial charge in [-0.25, -0.2) is 0 Å². The van der Waals surface area contributed by atoms with Gasteiger partial charge in [-0.1, -0.05) is 31.9 Å². The van der Waals surface area contributed by atoms with Gasteiger partial charge in [-0.2, -0.15) is 0 Å². The lowest BCUT2D eigenvalue weighted by Gasteiger charge is -2.33. The van der Waals surface area contributed by atoms with Gasteiger partial charge >= 0.3 is 0 Å². The fourth-order valence-electron chi connectivity index (χ4n) is 3.18. The molecule has 118 valence electrons. The summed E-state index contributed by atoms with van der Waals surface area (Å²) in [5.74, 6) is 0.442. The number of para-hydroxylation sites is 2. The van der Waals surface area contributed by atoms with E-state index in [9.17, 15) is 9.59 Å². The number of carbonyl (C=O) groups is 2. The molecule has 1 aromatic rings. The Balaban J connectivity index is 1.75. The third-order valence-electron chi connectivity index (χ3n) is 4.36. The lowest BCUT2D eigenvalue weighted by atomic mass is 10.1. The Morgan fingerprint density at radius 1 is 1.32 bits per heavy atom. The van der Waals surface area contributed by atoms with Crippen molar-refractivity contribution in [3.63, 3.8) is 0 Å². The van der Waals surface area contributed by atoms with Crippen molar-refractivity contribution in [2.45, 2.75) is 51.2 Å². The highest BCUT2D eigenvalue weighted by atomic mass is 16.5. The maximum absolute atomic E-state index is 12.5. The second-order valence-electron chi connectivity index (χ2n) is 5.96. The van der Waals surface area contributed by atoms with Crippen LogP contribution in [-0.4, -0.2) is 30.5 Å². The van der Waals surface area contributed by atoms with Gasteiger partial charge in [-0.15, -0.1) is 0 Å². The average molecular weight is 302 g/mol. The summed E-state index contributed by atoms with van der Waals surface area (Å²) in [6.07, 6.45) is 4.50. The normalized spacial score (nSPS) is 21.4. The van der Waals surface area contributed by atoms with E-state index in [1.807, 2.05) is 31.2 Å². The van der Waals surface area contributed by atoms with E-state index >= 15 is 0 Å². The number of fused-ring (bicyclic) bond motifs is 1. The number of nitrogens with zero attached hydrogens (tertiary/aromatic N) is 1. The van der Waals surface area contributed by atoms with Crippen LogP contribution < -0.4 is 15.0 Å². The maximum atomic E-state index is 12.5. The van der Waals surface area contributed by atoms with Gasteiger partial charge in [0.15, 0.2) is 6.10 Å². The van der Waals surface area contributed by atoms with Gasteiger partial charge in [0.05, 0.1) is 5.69 Å². The van der Waals surface area contributed by atoms with Gasteiger partial charge < -0.3 is 10.1 Å². The Morgan fingerprint density at radius 3 is 2.77 bits per heavy atom. The van der Waals surface area contributed by atoms with E-state index in [0.29, 0.717) is 17.9 Å². The van der Waals surface area contributed by atoms with Gasteiger partial charge in [-0.3, -0.25) is 14.5 Å². The molecule has 1 atom stereocenters. The molecule has 1 heterocycles. The molecule has 1 aliphatic heterocycles. The molecular weight excluding hydrogens is 280 g/mol. The van der Waals surface area contributed by atoms with Gasteiger partial charge in [0.1, 0.15) is 12.3 Å². The molecule has 1 N–H and O–H groups in total. The van der Waals surface area contributed by atoms with Crippen LogP contribution in [0.4, 0.5) is 5.69 Å². The third-order valence-corrected chi connectivity index (χ3v) is 4.36. The van der Waals surface area contributed by atoms with Crippen molar-refractivity contribution in [2.24, 2.45) is 0 Å². The first-order valence-corrected chi connectivity index (χ1v) is 8.05. The molecule has 1 fully saturated rings. The topological polar surface area (TPSA) is 58.6 Å². The predicted octanol–water partition coefficient (Wildman–Crippen LogP) is 2.25. The summed E-state index contributed by atoms with van der Waals surface area (Å²) in [5.41, 5.74) is 0.679. The van der Waals surface area contributed by atoms with Gasteiger partial charge in [0.2, 0.25) is 5.91 Å². The van der Waals surface area contributed by atoms with Gasteiger partial charge in [0.25, 0.3) is 5.91 Å². The molecule has 0 aromatic heterocycles. The highest BCUT2D eigenvalue weighted by Crippen LogP contribution is 2.34. The number of hydrogen-bond acceptors (Lipinski definition) is 3. The molecule has 2 amide bonds. The first-order chi connectivity index (χ1) is 10.7. The minimum Gasteiger partial charge on any atom is -0.478 e. The lowest BCUT2D eigenvalue weighted by Crippen LogP contribution is -2.50. The summed E-state index contributed by atoms with van der Waals surface area (Å²) in [5, 5.41) is 3.04. The Hall–Kier alpha value is -2.04. The fourth-order valence-corrected chi connectivity index (χ4v) is 3.18. The van der Waals surface area contributed by atoms with Crippen LogP contribution in [0.1, 0.15) is 39.0 Å². The molecule has 5 heteroatoms. The molecule has 1 saturated carbocycles. The third kappa shape index (κ3) is 2.93. The maximum Gasteiger partial charge on any atom is 0.268 e. The van der Waals surface area contributed by atoms with E-state index in [-0.39, 0.29) is 24.4 Å². The van der Waals surface area contributed by atoms with Crippen molar-refractivity contribution in [3.05, 3.63) is 24.3 Å². The van der Waals surface area contributed by atoms with Crippen LogP contribution in [0.3, 0.4) is 0 Å². The van der Waals surface area contributed by atoms with E-state index in [0.717, 1.165) is 12.8 Å². The van der Waals surface area contributed by atoms with Crippen molar-refractivity contribution in [1.82, 2.24) is 5.32 Å². The van der Waals surface area contributed by atoms with Crippen LogP contribution in [0.25, 0.3) is 0 Å². The second kappa shape index (κ2) is 6.38. The fraction of sp³-hybridized carbons (Fsp3) is 0.529. The van der Waals surface area contributed by atoms with Crippen LogP contribution in [-0.2, 0) is 9.59 Å². The quantitative estimate of drug-likeness (QED) is 0.928. The zero-order valence-corrected chi connectivity index (χ0v) is 12.9. The highest BCUT2D eigenvalue weighted by Gasteiger charge is 2.34. The number of nitrogens with one attached hydrogen (secondary N) is 1. The Morgan fingerprint density at radius 2 is 2.05 bits per heavy atom. The number of ether oxygens (including phenoxy) is 1. The summed E-state index contributed by atoms with van der Waals surface area (Å²) >= 11 is 0. The van der Waals surface area contributed by atoms with E-state index in [1.165, 1.54) is 12.8 Å². The zero-order valence-electron chi connectivity index (χ0n) is 12.9. The molecule has 0 radical (unpaired) electrons. The number of benzene rings is 1. The smallest absolute Gasteiger partial charge is 0.268 e. The summed E-state index contributed by atoms with van der Waals surface area (Å²) in [6.45, 7) is 1.97. The Kier molecular flexibility index (Phi) is 4.32. The average Bonchev–Trinajstić information content (AvgIpc) is 3.02. The van der Waals surface area contributed by atoms with Crippen molar-refractivity contribution in [2.75, 3.05) is 11.4 Å².